The van der Waals surface area contributed by atoms with Gasteiger partial charge in [-0.1, -0.05) is 0 Å². The molecule has 114 valence electrons. The largest absolute Gasteiger partial charge is 0.390 e. The summed E-state index contributed by atoms with van der Waals surface area (Å²) in [5.41, 5.74) is 4.86. The van der Waals surface area contributed by atoms with Gasteiger partial charge < -0.3 is 27.0 Å². The fraction of sp³-hybridized carbons (Fsp3) is 0.222. The third kappa shape index (κ3) is 10.3. The van der Waals surface area contributed by atoms with Crippen molar-refractivity contribution < 1.29 is 19.2 Å². The molecule has 0 bridgehead atoms. The van der Waals surface area contributed by atoms with Gasteiger partial charge in [-0.25, -0.2) is 9.59 Å². The first-order chi connectivity index (χ1) is 9.99. The molecule has 0 atom stereocenters. The maximum atomic E-state index is 11.1. The molecule has 0 heterocycles. The van der Waals surface area contributed by atoms with Gasteiger partial charge in [0.1, 0.15) is 12.8 Å². The van der Waals surface area contributed by atoms with Crippen LogP contribution >= 0.6 is 0 Å². The Morgan fingerprint density at radius 3 is 2.14 bits per heavy atom. The van der Waals surface area contributed by atoms with Crippen molar-refractivity contribution in [2.45, 2.75) is 6.42 Å². The number of rotatable bonds is 6. The highest BCUT2D eigenvalue weighted by molar-refractivity contribution is 6.04. The molecule has 0 radical (unpaired) electrons. The van der Waals surface area contributed by atoms with Crippen LogP contribution in [0, 0.1) is 5.41 Å². The Balaban J connectivity index is 3.89. The van der Waals surface area contributed by atoms with E-state index in [0.717, 1.165) is 12.7 Å². The molecular weight excluding hydrogens is 284 g/mol. The Morgan fingerprint density at radius 2 is 1.57 bits per heavy atom. The number of hydrogen-bond acceptors (Lipinski definition) is 5. The van der Waals surface area contributed by atoms with Crippen LogP contribution in [0.15, 0.2) is 9.98 Å². The summed E-state index contributed by atoms with van der Waals surface area (Å²) in [6, 6.07) is -1.58. The summed E-state index contributed by atoms with van der Waals surface area (Å²) in [6.45, 7) is -0.234. The van der Waals surface area contributed by atoms with Crippen molar-refractivity contribution in [3.63, 3.8) is 0 Å². The number of carbonyl (C=O) groups excluding carboxylic acids is 4. The van der Waals surface area contributed by atoms with Crippen molar-refractivity contribution in [2.24, 2.45) is 15.7 Å². The molecule has 0 aromatic rings. The summed E-state index contributed by atoms with van der Waals surface area (Å²) < 4.78 is 0. The van der Waals surface area contributed by atoms with Crippen LogP contribution in [-0.4, -0.2) is 49.6 Å². The van der Waals surface area contributed by atoms with E-state index in [1.807, 2.05) is 5.32 Å². The molecule has 12 nitrogen and oxygen atoms in total. The number of nitrogens with one attached hydrogen (secondary N) is 5. The molecule has 0 fully saturated rings. The second-order valence-corrected chi connectivity index (χ2v) is 3.13. The topological polar surface area (TPSA) is 191 Å². The maximum Gasteiger partial charge on any atom is 0.343 e. The lowest BCUT2D eigenvalue weighted by Gasteiger charge is -2.01. The van der Waals surface area contributed by atoms with E-state index in [-0.39, 0.29) is 6.67 Å². The van der Waals surface area contributed by atoms with Crippen LogP contribution in [0.4, 0.5) is 9.59 Å². The number of nitrogens with zero attached hydrogens (tertiary/aromatic N) is 2. The summed E-state index contributed by atoms with van der Waals surface area (Å²) >= 11 is 0. The minimum absolute atomic E-state index is 0.234. The average Bonchev–Trinajstić information content (AvgIpc) is 2.39. The highest BCUT2D eigenvalue weighted by atomic mass is 16.2. The SMILES string of the molecule is N=CNC(=O)CC(=O)NC=NC(=O)NCNC(=O)N=CN. The first kappa shape index (κ1) is 17.7. The van der Waals surface area contributed by atoms with Crippen molar-refractivity contribution in [1.29, 1.82) is 5.41 Å². The fourth-order valence-electron chi connectivity index (χ4n) is 0.846. The molecule has 7 N–H and O–H groups in total. The Labute approximate surface area is 118 Å². The van der Waals surface area contributed by atoms with E-state index in [9.17, 15) is 19.2 Å². The van der Waals surface area contributed by atoms with Gasteiger partial charge in [-0.05, 0) is 0 Å². The summed E-state index contributed by atoms with van der Waals surface area (Å²) in [5.74, 6) is -1.39. The van der Waals surface area contributed by atoms with Crippen LogP contribution in [0.1, 0.15) is 6.42 Å². The molecule has 12 heteroatoms. The third-order valence-corrected chi connectivity index (χ3v) is 1.63. The molecule has 0 aliphatic heterocycles. The molecule has 0 aromatic heterocycles. The standard InChI is InChI=1S/C9H14N8O4/c10-2-12-6(18)1-7(19)14-4-15-9(21)17-5-16-8(20)13-3-11/h2-4H,1,5H2,(H2,10,12,18)(H3,11,13,16,20)(H2,14,15,17,19,21). The second-order valence-electron chi connectivity index (χ2n) is 3.13. The van der Waals surface area contributed by atoms with Crippen LogP contribution < -0.4 is 27.0 Å². The number of urea groups is 2. The first-order valence-corrected chi connectivity index (χ1v) is 5.39. The van der Waals surface area contributed by atoms with Crippen molar-refractivity contribution >= 4 is 42.9 Å². The molecule has 6 amide bonds. The van der Waals surface area contributed by atoms with Crippen molar-refractivity contribution in [3.8, 4) is 0 Å². The summed E-state index contributed by atoms with van der Waals surface area (Å²) in [5, 5.41) is 15.0. The number of aliphatic imine (C=N–C) groups is 2. The molecule has 0 aliphatic carbocycles. The minimum atomic E-state index is -0.837. The smallest absolute Gasteiger partial charge is 0.343 e. The Bertz CT molecular complexity index is 472. The second kappa shape index (κ2) is 10.6. The molecular formula is C9H14N8O4. The van der Waals surface area contributed by atoms with E-state index >= 15 is 0 Å². The number of hydrogen-bond donors (Lipinski definition) is 6. The van der Waals surface area contributed by atoms with Gasteiger partial charge in [-0.3, -0.25) is 15.0 Å². The van der Waals surface area contributed by atoms with E-state index in [0.29, 0.717) is 6.34 Å². The van der Waals surface area contributed by atoms with Crippen LogP contribution in [0.5, 0.6) is 0 Å². The van der Waals surface area contributed by atoms with Crippen molar-refractivity contribution in [1.82, 2.24) is 21.3 Å². The van der Waals surface area contributed by atoms with E-state index in [1.165, 1.54) is 0 Å². The van der Waals surface area contributed by atoms with Crippen molar-refractivity contribution in [2.75, 3.05) is 6.67 Å². The Hall–Kier alpha value is -3.31. The number of carbonyl (C=O) groups is 4. The zero-order valence-electron chi connectivity index (χ0n) is 10.8. The normalized spacial score (nSPS) is 10.1. The quantitative estimate of drug-likeness (QED) is 0.138. The van der Waals surface area contributed by atoms with Crippen LogP contribution in [0.3, 0.4) is 0 Å². The summed E-state index contributed by atoms with van der Waals surface area (Å²) in [7, 11) is 0. The van der Waals surface area contributed by atoms with Gasteiger partial charge in [-0.15, -0.1) is 0 Å². The van der Waals surface area contributed by atoms with Gasteiger partial charge in [-0.2, -0.15) is 9.98 Å². The fourth-order valence-corrected chi connectivity index (χ4v) is 0.846. The highest BCUT2D eigenvalue weighted by Crippen LogP contribution is 1.78. The summed E-state index contributed by atoms with van der Waals surface area (Å²) in [4.78, 5) is 50.3. The zero-order chi connectivity index (χ0) is 16.1. The predicted octanol–water partition coefficient (Wildman–Crippen LogP) is -2.39. The van der Waals surface area contributed by atoms with E-state index in [4.69, 9.17) is 11.1 Å². The van der Waals surface area contributed by atoms with Crippen LogP contribution in [0.2, 0.25) is 0 Å². The highest BCUT2D eigenvalue weighted by Gasteiger charge is 2.06. The minimum Gasteiger partial charge on any atom is -0.390 e. The van der Waals surface area contributed by atoms with Gasteiger partial charge in [0.05, 0.1) is 19.3 Å². The lowest BCUT2D eigenvalue weighted by Crippen LogP contribution is -2.35. The van der Waals surface area contributed by atoms with Gasteiger partial charge >= 0.3 is 12.1 Å². The first-order valence-electron chi connectivity index (χ1n) is 5.39. The Morgan fingerprint density at radius 1 is 1.00 bits per heavy atom. The van der Waals surface area contributed by atoms with Crippen molar-refractivity contribution in [3.05, 3.63) is 0 Å². The lowest BCUT2D eigenvalue weighted by atomic mass is 10.4. The van der Waals surface area contributed by atoms with Crippen LogP contribution in [0.25, 0.3) is 0 Å². The Kier molecular flexibility index (Phi) is 8.93. The summed E-state index contributed by atoms with van der Waals surface area (Å²) in [6.07, 6.45) is 1.70. The molecule has 0 aromatic carbocycles. The van der Waals surface area contributed by atoms with E-state index in [2.05, 4.69) is 25.9 Å². The molecule has 0 aliphatic rings. The lowest BCUT2D eigenvalue weighted by molar-refractivity contribution is -0.127. The molecule has 0 rings (SSSR count). The number of nitrogens with two attached hydrogens (primary N) is 1. The van der Waals surface area contributed by atoms with E-state index in [1.54, 1.807) is 0 Å². The van der Waals surface area contributed by atoms with Gasteiger partial charge in [0, 0.05) is 0 Å². The van der Waals surface area contributed by atoms with Gasteiger partial charge in [0.25, 0.3) is 0 Å². The molecule has 0 unspecified atom stereocenters. The average molecular weight is 298 g/mol. The molecule has 21 heavy (non-hydrogen) atoms. The van der Waals surface area contributed by atoms with Gasteiger partial charge in [0.2, 0.25) is 11.8 Å². The van der Waals surface area contributed by atoms with Gasteiger partial charge in [0.15, 0.2) is 0 Å². The zero-order valence-corrected chi connectivity index (χ0v) is 10.8. The third-order valence-electron chi connectivity index (χ3n) is 1.63. The van der Waals surface area contributed by atoms with Crippen LogP contribution in [-0.2, 0) is 9.59 Å². The molecule has 0 spiro atoms. The predicted molar refractivity (Wildman–Crippen MR) is 72.8 cm³/mol. The number of amides is 6. The van der Waals surface area contributed by atoms with E-state index < -0.39 is 30.3 Å². The molecule has 0 saturated heterocycles. The molecule has 0 saturated carbocycles. The maximum absolute atomic E-state index is 11.1. The monoisotopic (exact) mass is 298 g/mol.